The highest BCUT2D eigenvalue weighted by molar-refractivity contribution is 6.32. The number of carbonyl (C=O) groups excluding carboxylic acids is 1. The van der Waals surface area contributed by atoms with Gasteiger partial charge in [0.25, 0.3) is 0 Å². The standard InChI is InChI=1S/C23H25ClN6O5/c1-23(2)11-35-14-6-7-17(28-20(14)29-21(23)31)27-19-13(24)10-25-22(30-19)26-12-8-15(32-3)18(34-5)16(9-12)33-4/h6-10H,11H2,1-5H3,(H3,25,26,27,28,29,30,31). The molecule has 1 amide bonds. The summed E-state index contributed by atoms with van der Waals surface area (Å²) >= 11 is 6.32. The molecule has 4 rings (SSSR count). The Hall–Kier alpha value is -3.99. The molecule has 0 spiro atoms. The van der Waals surface area contributed by atoms with Crippen molar-refractivity contribution in [3.8, 4) is 23.0 Å². The van der Waals surface area contributed by atoms with E-state index >= 15 is 0 Å². The minimum atomic E-state index is -0.683. The van der Waals surface area contributed by atoms with Crippen molar-refractivity contribution in [3.63, 3.8) is 0 Å². The zero-order valence-electron chi connectivity index (χ0n) is 19.9. The van der Waals surface area contributed by atoms with Crippen LogP contribution in [-0.4, -0.2) is 48.8 Å². The van der Waals surface area contributed by atoms with E-state index < -0.39 is 5.41 Å². The number of hydrogen-bond donors (Lipinski definition) is 3. The summed E-state index contributed by atoms with van der Waals surface area (Å²) in [5, 5.41) is 9.23. The van der Waals surface area contributed by atoms with Gasteiger partial charge in [0.05, 0.1) is 32.9 Å². The maximum absolute atomic E-state index is 12.4. The molecule has 0 unspecified atom stereocenters. The van der Waals surface area contributed by atoms with E-state index in [4.69, 9.17) is 30.5 Å². The lowest BCUT2D eigenvalue weighted by atomic mass is 9.94. The maximum atomic E-state index is 12.4. The van der Waals surface area contributed by atoms with Crippen LogP contribution in [0.1, 0.15) is 13.8 Å². The summed E-state index contributed by atoms with van der Waals surface area (Å²) in [5.41, 5.74) is -0.0733. The molecule has 0 atom stereocenters. The first-order valence-corrected chi connectivity index (χ1v) is 10.9. The van der Waals surface area contributed by atoms with Crippen LogP contribution in [0.4, 0.5) is 29.1 Å². The summed E-state index contributed by atoms with van der Waals surface area (Å²) in [5.74, 6) is 3.01. The zero-order chi connectivity index (χ0) is 25.2. The summed E-state index contributed by atoms with van der Waals surface area (Å²) in [6.45, 7) is 3.85. The van der Waals surface area contributed by atoms with Gasteiger partial charge in [-0.2, -0.15) is 4.98 Å². The van der Waals surface area contributed by atoms with Crippen molar-refractivity contribution >= 4 is 46.6 Å². The van der Waals surface area contributed by atoms with Crippen LogP contribution in [0.25, 0.3) is 0 Å². The number of anilines is 5. The molecule has 0 bridgehead atoms. The van der Waals surface area contributed by atoms with E-state index in [0.717, 1.165) is 0 Å². The quantitative estimate of drug-likeness (QED) is 0.429. The first-order valence-electron chi connectivity index (χ1n) is 10.6. The summed E-state index contributed by atoms with van der Waals surface area (Å²) in [6.07, 6.45) is 1.45. The molecule has 1 aliphatic heterocycles. The van der Waals surface area contributed by atoms with Crippen LogP contribution in [0.3, 0.4) is 0 Å². The Labute approximate surface area is 207 Å². The summed E-state index contributed by atoms with van der Waals surface area (Å²) in [4.78, 5) is 25.6. The van der Waals surface area contributed by atoms with Gasteiger partial charge in [-0.1, -0.05) is 11.6 Å². The topological polar surface area (TPSA) is 129 Å². The predicted molar refractivity (Wildman–Crippen MR) is 132 cm³/mol. The minimum Gasteiger partial charge on any atom is -0.493 e. The number of ether oxygens (including phenoxy) is 4. The fraction of sp³-hybridized carbons (Fsp3) is 0.304. The first-order chi connectivity index (χ1) is 16.7. The number of pyridine rings is 1. The minimum absolute atomic E-state index is 0.183. The number of methoxy groups -OCH3 is 3. The van der Waals surface area contributed by atoms with Crippen LogP contribution in [0.5, 0.6) is 23.0 Å². The molecule has 0 aliphatic carbocycles. The Morgan fingerprint density at radius 3 is 2.43 bits per heavy atom. The molecule has 12 heteroatoms. The molecular weight excluding hydrogens is 476 g/mol. The third-order valence-electron chi connectivity index (χ3n) is 5.20. The van der Waals surface area contributed by atoms with Crippen LogP contribution in [0, 0.1) is 5.41 Å². The number of amides is 1. The third kappa shape index (κ3) is 5.09. The van der Waals surface area contributed by atoms with E-state index in [0.29, 0.717) is 46.1 Å². The molecular formula is C23H25ClN6O5. The van der Waals surface area contributed by atoms with Gasteiger partial charge < -0.3 is 34.9 Å². The van der Waals surface area contributed by atoms with Gasteiger partial charge >= 0.3 is 0 Å². The smallest absolute Gasteiger partial charge is 0.234 e. The number of nitrogens with one attached hydrogen (secondary N) is 3. The normalized spacial score (nSPS) is 14.1. The summed E-state index contributed by atoms with van der Waals surface area (Å²) in [6, 6.07) is 6.87. The van der Waals surface area contributed by atoms with Crippen LogP contribution < -0.4 is 34.9 Å². The van der Waals surface area contributed by atoms with Gasteiger partial charge in [-0.15, -0.1) is 0 Å². The second-order valence-electron chi connectivity index (χ2n) is 8.22. The number of nitrogens with zero attached hydrogens (tertiary/aromatic N) is 3. The maximum Gasteiger partial charge on any atom is 0.234 e. The van der Waals surface area contributed by atoms with Gasteiger partial charge in [-0.25, -0.2) is 9.97 Å². The van der Waals surface area contributed by atoms with E-state index in [2.05, 4.69) is 30.9 Å². The number of fused-ring (bicyclic) bond motifs is 1. The van der Waals surface area contributed by atoms with Gasteiger partial charge in [-0.05, 0) is 26.0 Å². The van der Waals surface area contributed by atoms with E-state index in [1.54, 1.807) is 38.1 Å². The molecule has 35 heavy (non-hydrogen) atoms. The molecule has 3 N–H and O–H groups in total. The molecule has 0 radical (unpaired) electrons. The highest BCUT2D eigenvalue weighted by Gasteiger charge is 2.33. The molecule has 3 heterocycles. The van der Waals surface area contributed by atoms with Crippen LogP contribution >= 0.6 is 11.6 Å². The SMILES string of the molecule is COc1cc(Nc2ncc(Cl)c(Nc3ccc4c(n3)NC(=O)C(C)(C)CO4)n2)cc(OC)c1OC. The average molecular weight is 501 g/mol. The van der Waals surface area contributed by atoms with E-state index in [9.17, 15) is 4.79 Å². The lowest BCUT2D eigenvalue weighted by Gasteiger charge is -2.18. The Bertz CT molecular complexity index is 1240. The van der Waals surface area contributed by atoms with Gasteiger partial charge in [-0.3, -0.25) is 4.79 Å². The predicted octanol–water partition coefficient (Wildman–Crippen LogP) is 4.40. The number of halogens is 1. The number of hydrogen-bond acceptors (Lipinski definition) is 10. The highest BCUT2D eigenvalue weighted by atomic mass is 35.5. The fourth-order valence-corrected chi connectivity index (χ4v) is 3.38. The number of carbonyl (C=O) groups is 1. The van der Waals surface area contributed by atoms with Gasteiger partial charge in [0, 0.05) is 17.8 Å². The number of aromatic nitrogens is 3. The number of benzene rings is 1. The van der Waals surface area contributed by atoms with Crippen molar-refractivity contribution in [2.24, 2.45) is 5.41 Å². The van der Waals surface area contributed by atoms with Gasteiger partial charge in [0.15, 0.2) is 28.9 Å². The molecule has 11 nitrogen and oxygen atoms in total. The fourth-order valence-electron chi connectivity index (χ4n) is 3.24. The molecule has 0 saturated heterocycles. The van der Waals surface area contributed by atoms with Crippen molar-refractivity contribution in [1.82, 2.24) is 15.0 Å². The van der Waals surface area contributed by atoms with Gasteiger partial charge in [0.1, 0.15) is 17.4 Å². The third-order valence-corrected chi connectivity index (χ3v) is 5.48. The Morgan fingerprint density at radius 1 is 1.06 bits per heavy atom. The largest absolute Gasteiger partial charge is 0.493 e. The van der Waals surface area contributed by atoms with E-state index in [1.807, 2.05) is 0 Å². The zero-order valence-corrected chi connectivity index (χ0v) is 20.6. The lowest BCUT2D eigenvalue weighted by molar-refractivity contribution is -0.124. The molecule has 3 aromatic rings. The highest BCUT2D eigenvalue weighted by Crippen LogP contribution is 2.40. The first kappa shape index (κ1) is 24.1. The molecule has 1 aromatic carbocycles. The van der Waals surface area contributed by atoms with Crippen molar-refractivity contribution in [3.05, 3.63) is 35.5 Å². The Balaban J connectivity index is 1.58. The van der Waals surface area contributed by atoms with E-state index in [1.165, 1.54) is 27.5 Å². The summed E-state index contributed by atoms with van der Waals surface area (Å²) < 4.78 is 21.9. The lowest BCUT2D eigenvalue weighted by Crippen LogP contribution is -2.33. The van der Waals surface area contributed by atoms with Crippen LogP contribution in [0.15, 0.2) is 30.5 Å². The number of rotatable bonds is 7. The monoisotopic (exact) mass is 500 g/mol. The molecule has 0 fully saturated rings. The van der Waals surface area contributed by atoms with E-state index in [-0.39, 0.29) is 23.5 Å². The molecule has 1 aliphatic rings. The van der Waals surface area contributed by atoms with Crippen LogP contribution in [-0.2, 0) is 4.79 Å². The Morgan fingerprint density at radius 2 is 1.77 bits per heavy atom. The van der Waals surface area contributed by atoms with Crippen molar-refractivity contribution in [2.45, 2.75) is 13.8 Å². The molecule has 0 saturated carbocycles. The molecule has 2 aromatic heterocycles. The second kappa shape index (κ2) is 9.71. The van der Waals surface area contributed by atoms with Crippen molar-refractivity contribution in [2.75, 3.05) is 43.9 Å². The average Bonchev–Trinajstić information content (AvgIpc) is 2.95. The summed E-state index contributed by atoms with van der Waals surface area (Å²) in [7, 11) is 4.59. The van der Waals surface area contributed by atoms with Crippen molar-refractivity contribution < 1.29 is 23.7 Å². The van der Waals surface area contributed by atoms with Crippen LogP contribution in [0.2, 0.25) is 5.02 Å². The molecule has 184 valence electrons. The Kier molecular flexibility index (Phi) is 6.70. The van der Waals surface area contributed by atoms with Gasteiger partial charge in [0.2, 0.25) is 17.6 Å². The van der Waals surface area contributed by atoms with Crippen molar-refractivity contribution in [1.29, 1.82) is 0 Å². The second-order valence-corrected chi connectivity index (χ2v) is 8.63.